The van der Waals surface area contributed by atoms with E-state index < -0.39 is 12.1 Å². The first-order valence-electron chi connectivity index (χ1n) is 8.13. The first-order valence-corrected chi connectivity index (χ1v) is 8.13. The second-order valence-corrected chi connectivity index (χ2v) is 5.65. The van der Waals surface area contributed by atoms with Crippen LogP contribution in [0.25, 0.3) is 0 Å². The van der Waals surface area contributed by atoms with Gasteiger partial charge in [-0.25, -0.2) is 10.3 Å². The summed E-state index contributed by atoms with van der Waals surface area (Å²) < 4.78 is 10.8. The van der Waals surface area contributed by atoms with Crippen LogP contribution in [0.3, 0.4) is 0 Å². The SMILES string of the molecule is O=C(OCc1ccccc1)c1ccc(OC[C@H](O)CN2NC=NN2)cc1. The molecule has 0 unspecified atom stereocenters. The Morgan fingerprint density at radius 3 is 2.62 bits per heavy atom. The van der Waals surface area contributed by atoms with Gasteiger partial charge in [0.1, 0.15) is 31.4 Å². The van der Waals surface area contributed by atoms with E-state index in [1.807, 2.05) is 30.3 Å². The van der Waals surface area contributed by atoms with Crippen molar-refractivity contribution in [3.8, 4) is 5.75 Å². The van der Waals surface area contributed by atoms with Crippen molar-refractivity contribution in [1.29, 1.82) is 0 Å². The molecule has 26 heavy (non-hydrogen) atoms. The van der Waals surface area contributed by atoms with E-state index in [4.69, 9.17) is 9.47 Å². The molecule has 0 saturated heterocycles. The molecule has 0 aliphatic carbocycles. The molecule has 8 heteroatoms. The van der Waals surface area contributed by atoms with E-state index in [1.54, 1.807) is 24.3 Å². The maximum Gasteiger partial charge on any atom is 0.338 e. The molecule has 0 amide bonds. The molecular formula is C18H20N4O4. The Balaban J connectivity index is 1.43. The van der Waals surface area contributed by atoms with E-state index in [0.717, 1.165) is 5.56 Å². The molecular weight excluding hydrogens is 336 g/mol. The van der Waals surface area contributed by atoms with Gasteiger partial charge in [-0.1, -0.05) is 30.3 Å². The molecule has 3 rings (SSSR count). The third-order valence-electron chi connectivity index (χ3n) is 3.60. The van der Waals surface area contributed by atoms with Gasteiger partial charge >= 0.3 is 5.97 Å². The number of ether oxygens (including phenoxy) is 2. The zero-order chi connectivity index (χ0) is 18.2. The second-order valence-electron chi connectivity index (χ2n) is 5.65. The molecule has 1 aliphatic rings. The largest absolute Gasteiger partial charge is 0.491 e. The first kappa shape index (κ1) is 17.7. The molecule has 0 spiro atoms. The molecule has 3 N–H and O–H groups in total. The zero-order valence-electron chi connectivity index (χ0n) is 14.0. The van der Waals surface area contributed by atoms with Gasteiger partial charge in [0.05, 0.1) is 12.1 Å². The molecule has 0 saturated carbocycles. The predicted octanol–water partition coefficient (Wildman–Crippen LogP) is 1.05. The normalized spacial score (nSPS) is 14.3. The maximum atomic E-state index is 12.1. The minimum atomic E-state index is -0.716. The Morgan fingerprint density at radius 2 is 1.92 bits per heavy atom. The van der Waals surface area contributed by atoms with Crippen LogP contribution in [-0.4, -0.2) is 41.8 Å². The molecule has 0 radical (unpaired) electrons. The lowest BCUT2D eigenvalue weighted by molar-refractivity contribution is 0.0429. The molecule has 1 heterocycles. The van der Waals surface area contributed by atoms with Crippen LogP contribution in [0.2, 0.25) is 0 Å². The molecule has 2 aromatic carbocycles. The minimum Gasteiger partial charge on any atom is -0.491 e. The number of hydrazine groups is 2. The summed E-state index contributed by atoms with van der Waals surface area (Å²) in [6.45, 7) is 0.633. The van der Waals surface area contributed by atoms with Crippen LogP contribution in [0.4, 0.5) is 0 Å². The number of esters is 1. The van der Waals surface area contributed by atoms with Crippen LogP contribution in [0.1, 0.15) is 15.9 Å². The Hall–Kier alpha value is -3.10. The quantitative estimate of drug-likeness (QED) is 0.609. The summed E-state index contributed by atoms with van der Waals surface area (Å²) in [5.41, 5.74) is 6.82. The summed E-state index contributed by atoms with van der Waals surface area (Å²) >= 11 is 0. The number of rotatable bonds is 8. The lowest BCUT2D eigenvalue weighted by atomic mass is 10.2. The van der Waals surface area contributed by atoms with E-state index >= 15 is 0 Å². The molecule has 1 atom stereocenters. The average molecular weight is 356 g/mol. The van der Waals surface area contributed by atoms with E-state index in [2.05, 4.69) is 16.1 Å². The highest BCUT2D eigenvalue weighted by atomic mass is 16.5. The van der Waals surface area contributed by atoms with Crippen molar-refractivity contribution >= 4 is 12.3 Å². The van der Waals surface area contributed by atoms with Crippen LogP contribution in [0, 0.1) is 0 Å². The summed E-state index contributed by atoms with van der Waals surface area (Å²) in [6.07, 6.45) is 0.760. The monoisotopic (exact) mass is 356 g/mol. The molecule has 0 bridgehead atoms. The number of aliphatic hydroxyl groups excluding tert-OH is 1. The van der Waals surface area contributed by atoms with E-state index in [0.29, 0.717) is 17.9 Å². The van der Waals surface area contributed by atoms with Crippen LogP contribution in [-0.2, 0) is 11.3 Å². The fraction of sp³-hybridized carbons (Fsp3) is 0.222. The number of carbonyl (C=O) groups is 1. The number of nitrogens with zero attached hydrogens (tertiary/aromatic N) is 2. The topological polar surface area (TPSA) is 95.4 Å². The Bertz CT molecular complexity index is 729. The standard InChI is InChI=1S/C18H20N4O4/c23-16(10-22-20-13-19-21-22)12-25-17-8-6-15(7-9-17)18(24)26-11-14-4-2-1-3-5-14/h1-9,13,16,21,23H,10-12H2,(H,19,20)/t16-/m1/s1. The van der Waals surface area contributed by atoms with Gasteiger partial charge in [0.25, 0.3) is 0 Å². The van der Waals surface area contributed by atoms with Gasteiger partial charge in [0.2, 0.25) is 0 Å². The average Bonchev–Trinajstić information content (AvgIpc) is 3.18. The molecule has 0 fully saturated rings. The van der Waals surface area contributed by atoms with E-state index in [-0.39, 0.29) is 13.2 Å². The number of hydrogen-bond donors (Lipinski definition) is 3. The summed E-state index contributed by atoms with van der Waals surface area (Å²) in [6, 6.07) is 16.1. The van der Waals surface area contributed by atoms with Crippen LogP contribution in [0.5, 0.6) is 5.75 Å². The van der Waals surface area contributed by atoms with Crippen molar-refractivity contribution in [2.75, 3.05) is 13.2 Å². The third-order valence-corrected chi connectivity index (χ3v) is 3.60. The number of β-amino-alcohol motifs (C(OH)–C–C–N with tert-alkyl or cyclic N) is 1. The van der Waals surface area contributed by atoms with E-state index in [1.165, 1.54) is 11.5 Å². The first-order chi connectivity index (χ1) is 12.7. The smallest absolute Gasteiger partial charge is 0.338 e. The lowest BCUT2D eigenvalue weighted by Gasteiger charge is -2.19. The Kier molecular flexibility index (Phi) is 6.02. The van der Waals surface area contributed by atoms with Gasteiger partial charge in [-0.3, -0.25) is 5.43 Å². The van der Waals surface area contributed by atoms with Gasteiger partial charge in [0, 0.05) is 0 Å². The van der Waals surface area contributed by atoms with Gasteiger partial charge in [-0.2, -0.15) is 5.10 Å². The number of hydrogen-bond acceptors (Lipinski definition) is 8. The van der Waals surface area contributed by atoms with Gasteiger partial charge in [-0.15, -0.1) is 5.12 Å². The van der Waals surface area contributed by atoms with Crippen molar-refractivity contribution in [1.82, 2.24) is 16.1 Å². The summed E-state index contributed by atoms with van der Waals surface area (Å²) in [5, 5.41) is 15.2. The number of benzene rings is 2. The Morgan fingerprint density at radius 1 is 1.15 bits per heavy atom. The fourth-order valence-electron chi connectivity index (χ4n) is 2.27. The molecule has 0 aromatic heterocycles. The predicted molar refractivity (Wildman–Crippen MR) is 95.0 cm³/mol. The van der Waals surface area contributed by atoms with Crippen molar-refractivity contribution in [2.45, 2.75) is 12.7 Å². The molecule has 8 nitrogen and oxygen atoms in total. The number of carbonyl (C=O) groups excluding carboxylic acids is 1. The second kappa shape index (κ2) is 8.84. The summed E-state index contributed by atoms with van der Waals surface area (Å²) in [5.74, 6) is 0.161. The Labute approximate surface area is 151 Å². The molecule has 136 valence electrons. The summed E-state index contributed by atoms with van der Waals surface area (Å²) in [4.78, 5) is 12.1. The molecule has 1 aliphatic heterocycles. The van der Waals surface area contributed by atoms with Crippen molar-refractivity contribution in [3.63, 3.8) is 0 Å². The number of aliphatic hydroxyl groups is 1. The zero-order valence-corrected chi connectivity index (χ0v) is 14.0. The van der Waals surface area contributed by atoms with Crippen LogP contribution in [0.15, 0.2) is 59.7 Å². The van der Waals surface area contributed by atoms with Crippen LogP contribution >= 0.6 is 0 Å². The van der Waals surface area contributed by atoms with Crippen LogP contribution < -0.4 is 15.7 Å². The van der Waals surface area contributed by atoms with Gasteiger partial charge in [-0.05, 0) is 29.8 Å². The van der Waals surface area contributed by atoms with Crippen molar-refractivity contribution in [2.24, 2.45) is 5.10 Å². The highest BCUT2D eigenvalue weighted by molar-refractivity contribution is 5.89. The maximum absolute atomic E-state index is 12.1. The highest BCUT2D eigenvalue weighted by Gasteiger charge is 2.14. The fourth-order valence-corrected chi connectivity index (χ4v) is 2.27. The number of nitrogens with one attached hydrogen (secondary N) is 2. The number of hydrazone groups is 1. The lowest BCUT2D eigenvalue weighted by Crippen LogP contribution is -2.45. The van der Waals surface area contributed by atoms with Crippen molar-refractivity contribution < 1.29 is 19.4 Å². The van der Waals surface area contributed by atoms with E-state index in [9.17, 15) is 9.90 Å². The molecule has 2 aromatic rings. The van der Waals surface area contributed by atoms with Gasteiger partial charge < -0.3 is 14.6 Å². The van der Waals surface area contributed by atoms with Gasteiger partial charge in [0.15, 0.2) is 0 Å². The summed E-state index contributed by atoms with van der Waals surface area (Å²) in [7, 11) is 0. The minimum absolute atomic E-state index is 0.109. The third kappa shape index (κ3) is 5.20. The highest BCUT2D eigenvalue weighted by Crippen LogP contribution is 2.14. The van der Waals surface area contributed by atoms with Crippen molar-refractivity contribution in [3.05, 3.63) is 65.7 Å².